The van der Waals surface area contributed by atoms with Gasteiger partial charge in [-0.05, 0) is 31.4 Å². The Morgan fingerprint density at radius 1 is 1.47 bits per heavy atom. The standard InChI is InChI=1S/C14H24N2O/c1-14(2,10-15-13-4-5-13)11-16(3)8-12-6-7-17-9-12/h6-7,9,13,15H,4-5,8,10-11H2,1-3H3. The summed E-state index contributed by atoms with van der Waals surface area (Å²) >= 11 is 0. The predicted molar refractivity (Wildman–Crippen MR) is 69.8 cm³/mol. The van der Waals surface area contributed by atoms with Gasteiger partial charge in [0.2, 0.25) is 0 Å². The molecule has 0 spiro atoms. The summed E-state index contributed by atoms with van der Waals surface area (Å²) in [7, 11) is 2.17. The molecule has 0 atom stereocenters. The average Bonchev–Trinajstić information content (AvgIpc) is 2.94. The van der Waals surface area contributed by atoms with Gasteiger partial charge >= 0.3 is 0 Å². The Balaban J connectivity index is 1.73. The zero-order chi connectivity index (χ0) is 12.3. The van der Waals surface area contributed by atoms with Gasteiger partial charge in [-0.15, -0.1) is 0 Å². The first-order chi connectivity index (χ1) is 8.05. The summed E-state index contributed by atoms with van der Waals surface area (Å²) in [6.45, 7) is 7.82. The zero-order valence-corrected chi connectivity index (χ0v) is 11.2. The molecular weight excluding hydrogens is 212 g/mol. The normalized spacial score (nSPS) is 16.7. The van der Waals surface area contributed by atoms with Crippen molar-refractivity contribution in [3.05, 3.63) is 24.2 Å². The van der Waals surface area contributed by atoms with Crippen molar-refractivity contribution in [1.82, 2.24) is 10.2 Å². The second-order valence-electron chi connectivity index (χ2n) is 6.12. The van der Waals surface area contributed by atoms with E-state index in [0.717, 1.165) is 25.7 Å². The van der Waals surface area contributed by atoms with Crippen LogP contribution in [-0.2, 0) is 6.54 Å². The van der Waals surface area contributed by atoms with E-state index in [4.69, 9.17) is 4.42 Å². The monoisotopic (exact) mass is 236 g/mol. The van der Waals surface area contributed by atoms with Gasteiger partial charge in [0.05, 0.1) is 12.5 Å². The van der Waals surface area contributed by atoms with Crippen molar-refractivity contribution in [3.8, 4) is 0 Å². The van der Waals surface area contributed by atoms with Crippen LogP contribution >= 0.6 is 0 Å². The van der Waals surface area contributed by atoms with E-state index in [0.29, 0.717) is 5.41 Å². The van der Waals surface area contributed by atoms with Gasteiger partial charge in [-0.3, -0.25) is 0 Å². The molecule has 0 radical (unpaired) electrons. The maximum absolute atomic E-state index is 5.09. The van der Waals surface area contributed by atoms with Crippen molar-refractivity contribution in [2.24, 2.45) is 5.41 Å². The topological polar surface area (TPSA) is 28.4 Å². The highest BCUT2D eigenvalue weighted by Crippen LogP contribution is 2.22. The molecule has 0 aromatic carbocycles. The van der Waals surface area contributed by atoms with Crippen LogP contribution < -0.4 is 5.32 Å². The third-order valence-electron chi connectivity index (χ3n) is 3.18. The lowest BCUT2D eigenvalue weighted by molar-refractivity contribution is 0.198. The smallest absolute Gasteiger partial charge is 0.0947 e. The van der Waals surface area contributed by atoms with E-state index in [9.17, 15) is 0 Å². The fraction of sp³-hybridized carbons (Fsp3) is 0.714. The lowest BCUT2D eigenvalue weighted by Crippen LogP contribution is -2.39. The summed E-state index contributed by atoms with van der Waals surface area (Å²) in [4.78, 5) is 2.36. The lowest BCUT2D eigenvalue weighted by atomic mass is 9.92. The Morgan fingerprint density at radius 3 is 2.82 bits per heavy atom. The van der Waals surface area contributed by atoms with Crippen molar-refractivity contribution >= 4 is 0 Å². The van der Waals surface area contributed by atoms with E-state index in [2.05, 4.69) is 31.1 Å². The van der Waals surface area contributed by atoms with Crippen LogP contribution in [-0.4, -0.2) is 31.1 Å². The largest absolute Gasteiger partial charge is 0.472 e. The van der Waals surface area contributed by atoms with Crippen molar-refractivity contribution < 1.29 is 4.42 Å². The van der Waals surface area contributed by atoms with E-state index in [-0.39, 0.29) is 0 Å². The minimum absolute atomic E-state index is 0.321. The summed E-state index contributed by atoms with van der Waals surface area (Å²) in [5.74, 6) is 0. The van der Waals surface area contributed by atoms with Crippen molar-refractivity contribution in [3.63, 3.8) is 0 Å². The van der Waals surface area contributed by atoms with E-state index in [1.807, 2.05) is 12.3 Å². The van der Waals surface area contributed by atoms with Gasteiger partial charge in [0.15, 0.2) is 0 Å². The fourth-order valence-corrected chi connectivity index (χ4v) is 2.24. The third-order valence-corrected chi connectivity index (χ3v) is 3.18. The van der Waals surface area contributed by atoms with Crippen LogP contribution in [0.25, 0.3) is 0 Å². The van der Waals surface area contributed by atoms with E-state index in [1.54, 1.807) is 6.26 Å². The molecule has 2 rings (SSSR count). The van der Waals surface area contributed by atoms with Gasteiger partial charge in [0.1, 0.15) is 0 Å². The number of hydrogen-bond donors (Lipinski definition) is 1. The fourth-order valence-electron chi connectivity index (χ4n) is 2.24. The highest BCUT2D eigenvalue weighted by molar-refractivity contribution is 5.04. The van der Waals surface area contributed by atoms with Crippen molar-refractivity contribution in [2.45, 2.75) is 39.3 Å². The molecule has 0 aliphatic heterocycles. The molecule has 1 N–H and O–H groups in total. The first-order valence-corrected chi connectivity index (χ1v) is 6.48. The molecule has 0 saturated heterocycles. The van der Waals surface area contributed by atoms with Crippen LogP contribution in [0.5, 0.6) is 0 Å². The highest BCUT2D eigenvalue weighted by Gasteiger charge is 2.26. The van der Waals surface area contributed by atoms with E-state index < -0.39 is 0 Å². The maximum Gasteiger partial charge on any atom is 0.0947 e. The van der Waals surface area contributed by atoms with Crippen molar-refractivity contribution in [1.29, 1.82) is 0 Å². The minimum Gasteiger partial charge on any atom is -0.472 e. The molecule has 17 heavy (non-hydrogen) atoms. The molecule has 1 fully saturated rings. The number of rotatable bonds is 7. The molecule has 1 heterocycles. The molecule has 0 unspecified atom stereocenters. The predicted octanol–water partition coefficient (Wildman–Crippen LogP) is 2.49. The van der Waals surface area contributed by atoms with Crippen LogP contribution in [0.2, 0.25) is 0 Å². The van der Waals surface area contributed by atoms with Gasteiger partial charge in [-0.25, -0.2) is 0 Å². The van der Waals surface area contributed by atoms with Crippen LogP contribution in [0.1, 0.15) is 32.3 Å². The number of nitrogens with zero attached hydrogens (tertiary/aromatic N) is 1. The van der Waals surface area contributed by atoms with E-state index >= 15 is 0 Å². The third kappa shape index (κ3) is 4.52. The second-order valence-corrected chi connectivity index (χ2v) is 6.12. The Hall–Kier alpha value is -0.800. The first-order valence-electron chi connectivity index (χ1n) is 6.48. The summed E-state index contributed by atoms with van der Waals surface area (Å²) < 4.78 is 5.09. The van der Waals surface area contributed by atoms with Crippen LogP contribution in [0.3, 0.4) is 0 Å². The van der Waals surface area contributed by atoms with Gasteiger partial charge in [0, 0.05) is 31.2 Å². The molecule has 1 aliphatic carbocycles. The van der Waals surface area contributed by atoms with Crippen LogP contribution in [0.15, 0.2) is 23.0 Å². The molecule has 3 nitrogen and oxygen atoms in total. The minimum atomic E-state index is 0.321. The van der Waals surface area contributed by atoms with Gasteiger partial charge < -0.3 is 14.6 Å². The molecule has 0 bridgehead atoms. The SMILES string of the molecule is CN(Cc1ccoc1)CC(C)(C)CNC1CC1. The number of nitrogens with one attached hydrogen (secondary N) is 1. The van der Waals surface area contributed by atoms with Crippen LogP contribution in [0.4, 0.5) is 0 Å². The molecule has 1 aliphatic rings. The molecule has 1 aromatic rings. The molecule has 1 saturated carbocycles. The summed E-state index contributed by atoms with van der Waals surface area (Å²) in [5, 5.41) is 3.62. The summed E-state index contributed by atoms with van der Waals surface area (Å²) in [5.41, 5.74) is 1.57. The van der Waals surface area contributed by atoms with Crippen molar-refractivity contribution in [2.75, 3.05) is 20.1 Å². The highest BCUT2D eigenvalue weighted by atomic mass is 16.3. The van der Waals surface area contributed by atoms with Crippen LogP contribution in [0, 0.1) is 5.41 Å². The number of furan rings is 1. The summed E-state index contributed by atoms with van der Waals surface area (Å²) in [6, 6.07) is 2.83. The number of hydrogen-bond acceptors (Lipinski definition) is 3. The summed E-state index contributed by atoms with van der Waals surface area (Å²) in [6.07, 6.45) is 6.29. The molecule has 3 heteroatoms. The Kier molecular flexibility index (Phi) is 3.89. The Labute approximate surface area is 104 Å². The van der Waals surface area contributed by atoms with Gasteiger partial charge in [-0.1, -0.05) is 13.8 Å². The maximum atomic E-state index is 5.09. The molecule has 0 amide bonds. The second kappa shape index (κ2) is 5.23. The van der Waals surface area contributed by atoms with Gasteiger partial charge in [-0.2, -0.15) is 0 Å². The molecular formula is C14H24N2O. The Bertz CT molecular complexity index is 328. The first kappa shape index (κ1) is 12.7. The molecule has 96 valence electrons. The van der Waals surface area contributed by atoms with Gasteiger partial charge in [0.25, 0.3) is 0 Å². The quantitative estimate of drug-likeness (QED) is 0.788. The zero-order valence-electron chi connectivity index (χ0n) is 11.2. The average molecular weight is 236 g/mol. The van der Waals surface area contributed by atoms with E-state index in [1.165, 1.54) is 18.4 Å². The Morgan fingerprint density at radius 2 is 2.24 bits per heavy atom. The molecule has 1 aromatic heterocycles. The lowest BCUT2D eigenvalue weighted by Gasteiger charge is -2.30.